The summed E-state index contributed by atoms with van der Waals surface area (Å²) in [4.78, 5) is 39.4. The second-order valence-electron chi connectivity index (χ2n) is 6.89. The highest BCUT2D eigenvalue weighted by Crippen LogP contribution is 2.36. The van der Waals surface area contributed by atoms with Gasteiger partial charge in [0.1, 0.15) is 0 Å². The number of benzene rings is 1. The Labute approximate surface area is 157 Å². The SMILES string of the molecule is C[C@H]1CCC[C@H](C)N1C(=O)COC(=O)C[C@H]1Sc2ccccc2NC1=O. The van der Waals surface area contributed by atoms with Crippen LogP contribution in [0.1, 0.15) is 39.5 Å². The topological polar surface area (TPSA) is 75.7 Å². The molecule has 3 atom stereocenters. The monoisotopic (exact) mass is 376 g/mol. The van der Waals surface area contributed by atoms with Gasteiger partial charge in [-0.15, -0.1) is 11.8 Å². The molecule has 7 heteroatoms. The van der Waals surface area contributed by atoms with Crippen LogP contribution in [0, 0.1) is 0 Å². The Bertz CT molecular complexity index is 699. The summed E-state index contributed by atoms with van der Waals surface area (Å²) in [7, 11) is 0. The molecule has 0 aliphatic carbocycles. The molecule has 140 valence electrons. The van der Waals surface area contributed by atoms with E-state index in [-0.39, 0.29) is 36.9 Å². The molecule has 1 fully saturated rings. The van der Waals surface area contributed by atoms with Crippen LogP contribution >= 0.6 is 11.8 Å². The Morgan fingerprint density at radius 2 is 1.92 bits per heavy atom. The molecule has 3 rings (SSSR count). The van der Waals surface area contributed by atoms with Crippen molar-refractivity contribution < 1.29 is 19.1 Å². The highest BCUT2D eigenvalue weighted by molar-refractivity contribution is 8.01. The summed E-state index contributed by atoms with van der Waals surface area (Å²) in [6, 6.07) is 7.80. The van der Waals surface area contributed by atoms with Crippen LogP contribution in [0.2, 0.25) is 0 Å². The van der Waals surface area contributed by atoms with Gasteiger partial charge in [-0.3, -0.25) is 14.4 Å². The van der Waals surface area contributed by atoms with E-state index in [1.54, 1.807) is 0 Å². The molecule has 2 aliphatic rings. The van der Waals surface area contributed by atoms with Crippen LogP contribution in [-0.2, 0) is 19.1 Å². The number of carbonyl (C=O) groups is 3. The number of likely N-dealkylation sites (tertiary alicyclic amines) is 1. The molecule has 1 N–H and O–H groups in total. The van der Waals surface area contributed by atoms with Gasteiger partial charge in [0, 0.05) is 17.0 Å². The molecule has 2 amide bonds. The zero-order valence-electron chi connectivity index (χ0n) is 15.1. The van der Waals surface area contributed by atoms with E-state index >= 15 is 0 Å². The van der Waals surface area contributed by atoms with Gasteiger partial charge in [-0.2, -0.15) is 0 Å². The summed E-state index contributed by atoms with van der Waals surface area (Å²) in [5, 5.41) is 2.26. The Balaban J connectivity index is 1.51. The van der Waals surface area contributed by atoms with Crippen LogP contribution in [0.15, 0.2) is 29.2 Å². The van der Waals surface area contributed by atoms with Gasteiger partial charge < -0.3 is 15.0 Å². The largest absolute Gasteiger partial charge is 0.456 e. The molecule has 1 saturated heterocycles. The predicted molar refractivity (Wildman–Crippen MR) is 99.9 cm³/mol. The molecule has 0 saturated carbocycles. The predicted octanol–water partition coefficient (Wildman–Crippen LogP) is 2.82. The number of nitrogens with one attached hydrogen (secondary N) is 1. The van der Waals surface area contributed by atoms with Crippen molar-refractivity contribution in [2.24, 2.45) is 0 Å². The number of anilines is 1. The first-order chi connectivity index (χ1) is 12.5. The van der Waals surface area contributed by atoms with Gasteiger partial charge in [0.05, 0.1) is 17.4 Å². The fourth-order valence-corrected chi connectivity index (χ4v) is 4.66. The van der Waals surface area contributed by atoms with Gasteiger partial charge in [0.15, 0.2) is 6.61 Å². The minimum atomic E-state index is -0.541. The van der Waals surface area contributed by atoms with Gasteiger partial charge in [-0.1, -0.05) is 12.1 Å². The van der Waals surface area contributed by atoms with E-state index in [0.717, 1.165) is 29.8 Å². The maximum absolute atomic E-state index is 12.4. The van der Waals surface area contributed by atoms with E-state index < -0.39 is 11.2 Å². The van der Waals surface area contributed by atoms with Crippen molar-refractivity contribution in [2.45, 2.75) is 61.8 Å². The minimum absolute atomic E-state index is 0.0524. The van der Waals surface area contributed by atoms with Gasteiger partial charge in [0.2, 0.25) is 5.91 Å². The van der Waals surface area contributed by atoms with Crippen LogP contribution in [0.3, 0.4) is 0 Å². The molecule has 0 radical (unpaired) electrons. The van der Waals surface area contributed by atoms with Crippen LogP contribution in [-0.4, -0.2) is 46.6 Å². The number of hydrogen-bond donors (Lipinski definition) is 1. The first kappa shape index (κ1) is 18.8. The van der Waals surface area contributed by atoms with Crippen molar-refractivity contribution in [3.63, 3.8) is 0 Å². The lowest BCUT2D eigenvalue weighted by Gasteiger charge is -2.38. The van der Waals surface area contributed by atoms with Crippen molar-refractivity contribution in [3.05, 3.63) is 24.3 Å². The number of piperidine rings is 1. The second-order valence-corrected chi connectivity index (χ2v) is 8.13. The average Bonchev–Trinajstić information content (AvgIpc) is 2.60. The lowest BCUT2D eigenvalue weighted by atomic mass is 9.97. The van der Waals surface area contributed by atoms with Crippen molar-refractivity contribution in [1.82, 2.24) is 4.90 Å². The van der Waals surface area contributed by atoms with Gasteiger partial charge in [-0.25, -0.2) is 0 Å². The molecule has 0 aromatic heterocycles. The van der Waals surface area contributed by atoms with Crippen LogP contribution in [0.25, 0.3) is 0 Å². The zero-order chi connectivity index (χ0) is 18.7. The summed E-state index contributed by atoms with van der Waals surface area (Å²) in [5.74, 6) is -0.901. The molecule has 2 aliphatic heterocycles. The highest BCUT2D eigenvalue weighted by Gasteiger charge is 2.31. The van der Waals surface area contributed by atoms with E-state index in [9.17, 15) is 14.4 Å². The molecule has 6 nitrogen and oxygen atoms in total. The van der Waals surface area contributed by atoms with Crippen molar-refractivity contribution in [2.75, 3.05) is 11.9 Å². The smallest absolute Gasteiger partial charge is 0.307 e. The molecule has 0 unspecified atom stereocenters. The molecule has 0 bridgehead atoms. The van der Waals surface area contributed by atoms with E-state index in [0.29, 0.717) is 0 Å². The first-order valence-corrected chi connectivity index (χ1v) is 9.87. The maximum atomic E-state index is 12.4. The van der Waals surface area contributed by atoms with E-state index in [1.165, 1.54) is 11.8 Å². The molecular formula is C19H24N2O4S. The fraction of sp³-hybridized carbons (Fsp3) is 0.526. The van der Waals surface area contributed by atoms with Crippen molar-refractivity contribution in [3.8, 4) is 0 Å². The summed E-state index contributed by atoms with van der Waals surface area (Å²) < 4.78 is 5.17. The Morgan fingerprint density at radius 3 is 2.65 bits per heavy atom. The van der Waals surface area contributed by atoms with Gasteiger partial charge in [0.25, 0.3) is 5.91 Å². The maximum Gasteiger partial charge on any atom is 0.307 e. The van der Waals surface area contributed by atoms with Crippen LogP contribution in [0.4, 0.5) is 5.69 Å². The standard InChI is InChI=1S/C19H24N2O4S/c1-12-6-5-7-13(2)21(12)17(22)11-25-18(23)10-16-19(24)20-14-8-3-4-9-15(14)26-16/h3-4,8-9,12-13,16H,5-7,10-11H2,1-2H3,(H,20,24)/t12-,13-,16+/m0/s1. The Hall–Kier alpha value is -2.02. The quantitative estimate of drug-likeness (QED) is 0.818. The Morgan fingerprint density at radius 1 is 1.23 bits per heavy atom. The molecule has 1 aromatic rings. The first-order valence-electron chi connectivity index (χ1n) is 8.99. The lowest BCUT2D eigenvalue weighted by molar-refractivity contribution is -0.155. The number of hydrogen-bond acceptors (Lipinski definition) is 5. The number of rotatable bonds is 4. The summed E-state index contributed by atoms with van der Waals surface area (Å²) in [6.45, 7) is 3.79. The summed E-state index contributed by atoms with van der Waals surface area (Å²) in [6.07, 6.45) is 3.01. The third kappa shape index (κ3) is 4.20. The third-order valence-corrected chi connectivity index (χ3v) is 6.17. The van der Waals surface area contributed by atoms with E-state index in [4.69, 9.17) is 4.74 Å². The third-order valence-electron chi connectivity index (χ3n) is 4.90. The Kier molecular flexibility index (Phi) is 5.86. The summed E-state index contributed by atoms with van der Waals surface area (Å²) >= 11 is 1.35. The number of nitrogens with zero attached hydrogens (tertiary/aromatic N) is 1. The van der Waals surface area contributed by atoms with Gasteiger partial charge >= 0.3 is 5.97 Å². The summed E-state index contributed by atoms with van der Waals surface area (Å²) in [5.41, 5.74) is 0.760. The molecular weight excluding hydrogens is 352 g/mol. The number of para-hydroxylation sites is 1. The van der Waals surface area contributed by atoms with Crippen LogP contribution < -0.4 is 5.32 Å². The number of ether oxygens (including phenoxy) is 1. The zero-order valence-corrected chi connectivity index (χ0v) is 15.9. The molecule has 26 heavy (non-hydrogen) atoms. The number of amides is 2. The molecule has 2 heterocycles. The number of esters is 1. The molecule has 0 spiro atoms. The fourth-order valence-electron chi connectivity index (χ4n) is 3.57. The van der Waals surface area contributed by atoms with Crippen LogP contribution in [0.5, 0.6) is 0 Å². The number of carbonyl (C=O) groups excluding carboxylic acids is 3. The molecule has 1 aromatic carbocycles. The van der Waals surface area contributed by atoms with Gasteiger partial charge in [-0.05, 0) is 45.2 Å². The number of thioether (sulfide) groups is 1. The van der Waals surface area contributed by atoms with E-state index in [2.05, 4.69) is 5.32 Å². The second kappa shape index (κ2) is 8.12. The van der Waals surface area contributed by atoms with Crippen molar-refractivity contribution in [1.29, 1.82) is 0 Å². The lowest BCUT2D eigenvalue weighted by Crippen LogP contribution is -2.49. The highest BCUT2D eigenvalue weighted by atomic mass is 32.2. The number of fused-ring (bicyclic) bond motifs is 1. The van der Waals surface area contributed by atoms with Crippen molar-refractivity contribution >= 4 is 35.2 Å². The van der Waals surface area contributed by atoms with E-state index in [1.807, 2.05) is 43.0 Å². The normalized spacial score (nSPS) is 25.2. The average molecular weight is 376 g/mol. The minimum Gasteiger partial charge on any atom is -0.456 e.